The van der Waals surface area contributed by atoms with Crippen molar-refractivity contribution in [1.82, 2.24) is 4.57 Å². The summed E-state index contributed by atoms with van der Waals surface area (Å²) in [6.07, 6.45) is 1.11. The number of aryl methyl sites for hydroxylation is 3. The van der Waals surface area contributed by atoms with Gasteiger partial charge in [-0.2, -0.15) is 0 Å². The summed E-state index contributed by atoms with van der Waals surface area (Å²) in [6, 6.07) is 11.7. The standard InChI is InChI=1S/C20H22FN2/c1-13-12-14(21)8-9-15(13)19-22(4)17-7-5-6-16-18(17)23(19)11-10-20(16,2)3/h5-9,12H,10-11H2,1-4H3/q+1. The van der Waals surface area contributed by atoms with Crippen molar-refractivity contribution in [2.45, 2.75) is 39.2 Å². The van der Waals surface area contributed by atoms with E-state index in [-0.39, 0.29) is 11.2 Å². The molecule has 0 amide bonds. The van der Waals surface area contributed by atoms with E-state index in [0.717, 1.165) is 24.1 Å². The minimum Gasteiger partial charge on any atom is -0.226 e. The summed E-state index contributed by atoms with van der Waals surface area (Å²) < 4.78 is 18.2. The highest BCUT2D eigenvalue weighted by molar-refractivity contribution is 5.81. The molecule has 0 radical (unpaired) electrons. The molecular formula is C20H22FN2+. The Morgan fingerprint density at radius 1 is 1.17 bits per heavy atom. The molecule has 2 heterocycles. The SMILES string of the molecule is Cc1cc(F)ccc1-c1n(C)c2cccc3c2[n+]1CCC3(C)C. The van der Waals surface area contributed by atoms with Crippen LogP contribution in [0.2, 0.25) is 0 Å². The Hall–Kier alpha value is -2.16. The van der Waals surface area contributed by atoms with Crippen LogP contribution in [0.25, 0.3) is 22.4 Å². The third-order valence-electron chi connectivity index (χ3n) is 5.34. The molecule has 4 rings (SSSR count). The number of para-hydroxylation sites is 1. The lowest BCUT2D eigenvalue weighted by Gasteiger charge is -2.28. The Kier molecular flexibility index (Phi) is 2.93. The number of aromatic nitrogens is 2. The maximum Gasteiger partial charge on any atom is 0.289 e. The number of halogens is 1. The van der Waals surface area contributed by atoms with Gasteiger partial charge in [-0.25, -0.2) is 13.5 Å². The van der Waals surface area contributed by atoms with E-state index in [2.05, 4.69) is 48.2 Å². The lowest BCUT2D eigenvalue weighted by atomic mass is 9.79. The van der Waals surface area contributed by atoms with Crippen molar-refractivity contribution >= 4 is 11.0 Å². The normalized spacial score (nSPS) is 16.0. The molecule has 1 aliphatic heterocycles. The summed E-state index contributed by atoms with van der Waals surface area (Å²) in [7, 11) is 2.11. The van der Waals surface area contributed by atoms with Crippen molar-refractivity contribution in [3.8, 4) is 11.4 Å². The molecule has 0 aliphatic carbocycles. The van der Waals surface area contributed by atoms with Gasteiger partial charge in [-0.1, -0.05) is 26.0 Å². The Labute approximate surface area is 136 Å². The first-order chi connectivity index (χ1) is 10.9. The maximum atomic E-state index is 13.5. The Balaban J connectivity index is 2.11. The largest absolute Gasteiger partial charge is 0.289 e. The third kappa shape index (κ3) is 1.95. The Morgan fingerprint density at radius 2 is 1.96 bits per heavy atom. The minimum atomic E-state index is -0.175. The predicted octanol–water partition coefficient (Wildman–Crippen LogP) is 4.26. The first-order valence-corrected chi connectivity index (χ1v) is 8.18. The van der Waals surface area contributed by atoms with Crippen LogP contribution in [0.15, 0.2) is 36.4 Å². The molecule has 0 saturated heterocycles. The molecule has 23 heavy (non-hydrogen) atoms. The molecule has 0 bridgehead atoms. The molecular weight excluding hydrogens is 287 g/mol. The summed E-state index contributed by atoms with van der Waals surface area (Å²) in [5.74, 6) is 0.992. The topological polar surface area (TPSA) is 8.81 Å². The van der Waals surface area contributed by atoms with Crippen LogP contribution >= 0.6 is 0 Å². The van der Waals surface area contributed by atoms with Crippen LogP contribution in [0.1, 0.15) is 31.4 Å². The summed E-state index contributed by atoms with van der Waals surface area (Å²) in [6.45, 7) is 7.62. The quantitative estimate of drug-likeness (QED) is 0.594. The zero-order valence-electron chi connectivity index (χ0n) is 14.2. The van der Waals surface area contributed by atoms with Crippen molar-refractivity contribution in [3.63, 3.8) is 0 Å². The Bertz CT molecular complexity index is 934. The molecule has 0 unspecified atom stereocenters. The molecule has 0 atom stereocenters. The smallest absolute Gasteiger partial charge is 0.226 e. The van der Waals surface area contributed by atoms with Gasteiger partial charge < -0.3 is 0 Å². The molecule has 0 N–H and O–H groups in total. The lowest BCUT2D eigenvalue weighted by molar-refractivity contribution is -0.665. The molecule has 1 aromatic heterocycles. The third-order valence-corrected chi connectivity index (χ3v) is 5.34. The van der Waals surface area contributed by atoms with Crippen LogP contribution in [0.4, 0.5) is 4.39 Å². The van der Waals surface area contributed by atoms with Crippen LogP contribution < -0.4 is 4.57 Å². The fourth-order valence-electron chi connectivity index (χ4n) is 3.98. The second kappa shape index (κ2) is 4.67. The second-order valence-electron chi connectivity index (χ2n) is 7.30. The van der Waals surface area contributed by atoms with Crippen LogP contribution in [-0.2, 0) is 19.0 Å². The van der Waals surface area contributed by atoms with Gasteiger partial charge in [0.15, 0.2) is 11.0 Å². The number of nitrogens with zero attached hydrogens (tertiary/aromatic N) is 2. The summed E-state index contributed by atoms with van der Waals surface area (Å²) in [5, 5.41) is 0. The highest BCUT2D eigenvalue weighted by Crippen LogP contribution is 2.37. The molecule has 3 aromatic rings. The highest BCUT2D eigenvalue weighted by atomic mass is 19.1. The molecule has 3 heteroatoms. The van der Waals surface area contributed by atoms with Gasteiger partial charge in [0.2, 0.25) is 0 Å². The van der Waals surface area contributed by atoms with Gasteiger partial charge in [0.05, 0.1) is 19.2 Å². The van der Waals surface area contributed by atoms with E-state index in [0.29, 0.717) is 0 Å². The van der Waals surface area contributed by atoms with E-state index >= 15 is 0 Å². The molecule has 1 aliphatic rings. The van der Waals surface area contributed by atoms with E-state index in [4.69, 9.17) is 0 Å². The number of hydrogen-bond donors (Lipinski definition) is 0. The number of imidazole rings is 1. The van der Waals surface area contributed by atoms with E-state index in [1.54, 1.807) is 12.1 Å². The average Bonchev–Trinajstić information content (AvgIpc) is 2.78. The first-order valence-electron chi connectivity index (χ1n) is 8.18. The van der Waals surface area contributed by atoms with Crippen LogP contribution in [0, 0.1) is 12.7 Å². The summed E-state index contributed by atoms with van der Waals surface area (Å²) >= 11 is 0. The van der Waals surface area contributed by atoms with E-state index in [1.807, 2.05) is 13.0 Å². The minimum absolute atomic E-state index is 0.175. The van der Waals surface area contributed by atoms with Crippen molar-refractivity contribution in [2.24, 2.45) is 7.05 Å². The molecule has 0 spiro atoms. The monoisotopic (exact) mass is 309 g/mol. The molecule has 118 valence electrons. The van der Waals surface area contributed by atoms with Gasteiger partial charge in [0.25, 0.3) is 5.82 Å². The lowest BCUT2D eigenvalue weighted by Crippen LogP contribution is -2.44. The number of benzene rings is 2. The molecule has 2 aromatic carbocycles. The summed E-state index contributed by atoms with van der Waals surface area (Å²) in [5.41, 5.74) is 6.25. The predicted molar refractivity (Wildman–Crippen MR) is 90.9 cm³/mol. The van der Waals surface area contributed by atoms with E-state index in [1.165, 1.54) is 22.4 Å². The maximum absolute atomic E-state index is 13.5. The van der Waals surface area contributed by atoms with Crippen molar-refractivity contribution in [1.29, 1.82) is 0 Å². The van der Waals surface area contributed by atoms with Gasteiger partial charge in [-0.15, -0.1) is 0 Å². The number of hydrogen-bond acceptors (Lipinski definition) is 0. The zero-order valence-corrected chi connectivity index (χ0v) is 14.2. The highest BCUT2D eigenvalue weighted by Gasteiger charge is 2.36. The van der Waals surface area contributed by atoms with E-state index < -0.39 is 0 Å². The second-order valence-corrected chi connectivity index (χ2v) is 7.30. The van der Waals surface area contributed by atoms with Gasteiger partial charge in [-0.3, -0.25) is 0 Å². The van der Waals surface area contributed by atoms with Crippen molar-refractivity contribution in [3.05, 3.63) is 53.3 Å². The van der Waals surface area contributed by atoms with Crippen molar-refractivity contribution < 1.29 is 8.96 Å². The van der Waals surface area contributed by atoms with Gasteiger partial charge >= 0.3 is 0 Å². The molecule has 0 saturated carbocycles. The van der Waals surface area contributed by atoms with Crippen molar-refractivity contribution in [2.75, 3.05) is 0 Å². The first kappa shape index (κ1) is 14.4. The Morgan fingerprint density at radius 3 is 2.70 bits per heavy atom. The van der Waals surface area contributed by atoms with Crippen LogP contribution in [-0.4, -0.2) is 4.57 Å². The fourth-order valence-corrected chi connectivity index (χ4v) is 3.98. The molecule has 0 fully saturated rings. The van der Waals surface area contributed by atoms with Gasteiger partial charge in [-0.05, 0) is 48.6 Å². The fraction of sp³-hybridized carbons (Fsp3) is 0.350. The van der Waals surface area contributed by atoms with Crippen LogP contribution in [0.3, 0.4) is 0 Å². The van der Waals surface area contributed by atoms with Gasteiger partial charge in [0.1, 0.15) is 5.82 Å². The van der Waals surface area contributed by atoms with Gasteiger partial charge in [0, 0.05) is 5.56 Å². The summed E-state index contributed by atoms with van der Waals surface area (Å²) in [4.78, 5) is 0. The average molecular weight is 309 g/mol. The van der Waals surface area contributed by atoms with Crippen LogP contribution in [0.5, 0.6) is 0 Å². The molecule has 2 nitrogen and oxygen atoms in total. The number of rotatable bonds is 1. The van der Waals surface area contributed by atoms with E-state index in [9.17, 15) is 4.39 Å². The zero-order chi connectivity index (χ0) is 16.4.